The summed E-state index contributed by atoms with van der Waals surface area (Å²) in [5.74, 6) is 0. The molecule has 1 aromatic rings. The zero-order chi connectivity index (χ0) is 8.32. The summed E-state index contributed by atoms with van der Waals surface area (Å²) in [5.41, 5.74) is 0.171. The fourth-order valence-corrected chi connectivity index (χ4v) is 1.05. The Morgan fingerprint density at radius 2 is 2.27 bits per heavy atom. The molecule has 0 saturated heterocycles. The van der Waals surface area contributed by atoms with Crippen molar-refractivity contribution in [3.63, 3.8) is 0 Å². The molecule has 0 atom stereocenters. The van der Waals surface area contributed by atoms with E-state index in [9.17, 15) is 0 Å². The molecule has 4 heteroatoms. The van der Waals surface area contributed by atoms with Gasteiger partial charge >= 0.3 is 0 Å². The predicted octanol–water partition coefficient (Wildman–Crippen LogP) is 1.43. The highest BCUT2D eigenvalue weighted by atomic mass is 32.1. The van der Waals surface area contributed by atoms with Crippen LogP contribution in [0.1, 0.15) is 25.6 Å². The highest BCUT2D eigenvalue weighted by molar-refractivity contribution is 7.05. The highest BCUT2D eigenvalue weighted by Gasteiger charge is 2.08. The van der Waals surface area contributed by atoms with Crippen LogP contribution in [0.25, 0.3) is 0 Å². The Balaban J connectivity index is 2.35. The summed E-state index contributed by atoms with van der Waals surface area (Å²) in [6, 6.07) is 0. The molecule has 11 heavy (non-hydrogen) atoms. The summed E-state index contributed by atoms with van der Waals surface area (Å²) >= 11 is 1.44. The minimum atomic E-state index is 0.171. The molecular formula is C7H13N3S. The number of rotatable bonds is 2. The molecule has 0 spiro atoms. The van der Waals surface area contributed by atoms with Crippen molar-refractivity contribution in [2.45, 2.75) is 32.9 Å². The fraction of sp³-hybridized carbons (Fsp3) is 0.714. The van der Waals surface area contributed by atoms with E-state index in [4.69, 9.17) is 0 Å². The number of nitrogens with zero attached hydrogens (tertiary/aromatic N) is 2. The highest BCUT2D eigenvalue weighted by Crippen LogP contribution is 2.05. The molecule has 0 aliphatic rings. The minimum Gasteiger partial charge on any atom is -0.307 e. The first-order valence-corrected chi connectivity index (χ1v) is 4.36. The summed E-state index contributed by atoms with van der Waals surface area (Å²) in [7, 11) is 0. The van der Waals surface area contributed by atoms with Crippen molar-refractivity contribution in [1.29, 1.82) is 0 Å². The summed E-state index contributed by atoms with van der Waals surface area (Å²) in [5, 5.41) is 7.11. The van der Waals surface area contributed by atoms with Crippen LogP contribution >= 0.6 is 11.5 Å². The lowest BCUT2D eigenvalue weighted by atomic mass is 10.1. The van der Waals surface area contributed by atoms with Gasteiger partial charge in [-0.2, -0.15) is 0 Å². The molecule has 3 nitrogen and oxygen atoms in total. The van der Waals surface area contributed by atoms with Gasteiger partial charge in [-0.25, -0.2) is 0 Å². The maximum absolute atomic E-state index is 3.77. The van der Waals surface area contributed by atoms with Crippen molar-refractivity contribution in [3.05, 3.63) is 11.1 Å². The molecule has 0 bridgehead atoms. The lowest BCUT2D eigenvalue weighted by molar-refractivity contribution is 0.426. The molecule has 1 heterocycles. The van der Waals surface area contributed by atoms with E-state index in [1.165, 1.54) is 16.4 Å². The topological polar surface area (TPSA) is 37.8 Å². The van der Waals surface area contributed by atoms with Crippen LogP contribution in [0.4, 0.5) is 0 Å². The van der Waals surface area contributed by atoms with Crippen molar-refractivity contribution in [1.82, 2.24) is 14.9 Å². The van der Waals surface area contributed by atoms with Gasteiger partial charge in [-0.15, -0.1) is 5.10 Å². The average molecular weight is 171 g/mol. The molecule has 0 fully saturated rings. The molecule has 1 N–H and O–H groups in total. The quantitative estimate of drug-likeness (QED) is 0.731. The second-order valence-corrected chi connectivity index (χ2v) is 4.36. The number of aromatic nitrogens is 2. The van der Waals surface area contributed by atoms with Crippen molar-refractivity contribution in [2.75, 3.05) is 0 Å². The van der Waals surface area contributed by atoms with Crippen LogP contribution in [0.2, 0.25) is 0 Å². The zero-order valence-electron chi connectivity index (χ0n) is 7.09. The van der Waals surface area contributed by atoms with Gasteiger partial charge in [0.1, 0.15) is 0 Å². The Bertz CT molecular complexity index is 200. The predicted molar refractivity (Wildman–Crippen MR) is 46.5 cm³/mol. The molecule has 1 rings (SSSR count). The Hall–Kier alpha value is -0.480. The Labute approximate surface area is 71.0 Å². The number of nitrogens with one attached hydrogen (secondary N) is 1. The van der Waals surface area contributed by atoms with Gasteiger partial charge in [0.25, 0.3) is 0 Å². The molecule has 0 unspecified atom stereocenters. The van der Waals surface area contributed by atoms with E-state index in [0.717, 1.165) is 6.54 Å². The maximum atomic E-state index is 3.77. The van der Waals surface area contributed by atoms with Gasteiger partial charge in [-0.05, 0) is 32.3 Å². The largest absolute Gasteiger partial charge is 0.307 e. The van der Waals surface area contributed by atoms with Gasteiger partial charge in [0.05, 0.1) is 11.1 Å². The first kappa shape index (κ1) is 8.62. The molecule has 0 aliphatic heterocycles. The SMILES string of the molecule is CC(C)(C)NCc1cnns1. The van der Waals surface area contributed by atoms with Gasteiger partial charge in [0.15, 0.2) is 0 Å². The molecule has 0 aromatic carbocycles. The summed E-state index contributed by atoms with van der Waals surface area (Å²) in [4.78, 5) is 1.18. The summed E-state index contributed by atoms with van der Waals surface area (Å²) in [6.07, 6.45) is 1.80. The van der Waals surface area contributed by atoms with Crippen LogP contribution in [0.5, 0.6) is 0 Å². The molecule has 0 radical (unpaired) electrons. The van der Waals surface area contributed by atoms with Gasteiger partial charge in [-0.1, -0.05) is 4.49 Å². The molecule has 1 aromatic heterocycles. The Morgan fingerprint density at radius 1 is 1.55 bits per heavy atom. The summed E-state index contributed by atoms with van der Waals surface area (Å²) < 4.78 is 3.77. The van der Waals surface area contributed by atoms with Crippen LogP contribution in [0, 0.1) is 0 Å². The van der Waals surface area contributed by atoms with Gasteiger partial charge in [0.2, 0.25) is 0 Å². The molecule has 0 aliphatic carbocycles. The zero-order valence-corrected chi connectivity index (χ0v) is 7.90. The Morgan fingerprint density at radius 3 is 2.73 bits per heavy atom. The van der Waals surface area contributed by atoms with E-state index in [2.05, 4.69) is 35.7 Å². The smallest absolute Gasteiger partial charge is 0.0666 e. The van der Waals surface area contributed by atoms with E-state index in [-0.39, 0.29) is 5.54 Å². The van der Waals surface area contributed by atoms with Crippen molar-refractivity contribution >= 4 is 11.5 Å². The molecule has 62 valence electrons. The first-order chi connectivity index (χ1) is 5.08. The fourth-order valence-electron chi connectivity index (χ4n) is 0.618. The second kappa shape index (κ2) is 3.28. The number of hydrogen-bond acceptors (Lipinski definition) is 4. The molecular weight excluding hydrogens is 158 g/mol. The lowest BCUT2D eigenvalue weighted by Crippen LogP contribution is -2.34. The maximum Gasteiger partial charge on any atom is 0.0666 e. The standard InChI is InChI=1S/C7H13N3S/c1-7(2,3)8-4-6-5-9-10-11-6/h5,8H,4H2,1-3H3. The molecule has 0 saturated carbocycles. The van der Waals surface area contributed by atoms with E-state index < -0.39 is 0 Å². The van der Waals surface area contributed by atoms with Gasteiger partial charge in [0, 0.05) is 12.1 Å². The average Bonchev–Trinajstić information content (AvgIpc) is 2.32. The van der Waals surface area contributed by atoms with Crippen LogP contribution in [-0.2, 0) is 6.54 Å². The van der Waals surface area contributed by atoms with E-state index in [0.29, 0.717) is 0 Å². The van der Waals surface area contributed by atoms with E-state index in [1.54, 1.807) is 6.20 Å². The van der Waals surface area contributed by atoms with Crippen LogP contribution in [0.15, 0.2) is 6.20 Å². The van der Waals surface area contributed by atoms with E-state index in [1.807, 2.05) is 0 Å². The van der Waals surface area contributed by atoms with Crippen molar-refractivity contribution in [3.8, 4) is 0 Å². The summed E-state index contributed by atoms with van der Waals surface area (Å²) in [6.45, 7) is 7.28. The first-order valence-electron chi connectivity index (χ1n) is 3.59. The minimum absolute atomic E-state index is 0.171. The van der Waals surface area contributed by atoms with Crippen molar-refractivity contribution in [2.24, 2.45) is 0 Å². The third kappa shape index (κ3) is 3.43. The van der Waals surface area contributed by atoms with Crippen LogP contribution in [-0.4, -0.2) is 15.1 Å². The van der Waals surface area contributed by atoms with Gasteiger partial charge < -0.3 is 5.32 Å². The third-order valence-electron chi connectivity index (χ3n) is 1.20. The third-order valence-corrected chi connectivity index (χ3v) is 1.86. The van der Waals surface area contributed by atoms with E-state index >= 15 is 0 Å². The second-order valence-electron chi connectivity index (χ2n) is 3.49. The molecule has 0 amide bonds. The Kier molecular flexibility index (Phi) is 2.57. The van der Waals surface area contributed by atoms with Crippen molar-refractivity contribution < 1.29 is 0 Å². The lowest BCUT2D eigenvalue weighted by Gasteiger charge is -2.19. The van der Waals surface area contributed by atoms with Crippen LogP contribution in [0.3, 0.4) is 0 Å². The number of hydrogen-bond donors (Lipinski definition) is 1. The van der Waals surface area contributed by atoms with Gasteiger partial charge in [-0.3, -0.25) is 0 Å². The normalized spacial score (nSPS) is 11.9. The van der Waals surface area contributed by atoms with Crippen LogP contribution < -0.4 is 5.32 Å². The monoisotopic (exact) mass is 171 g/mol.